The smallest absolute Gasteiger partial charge is 0.0701 e. The topological polar surface area (TPSA) is 15.3 Å². The molecule has 1 unspecified atom stereocenters. The molecule has 0 aliphatic carbocycles. The summed E-state index contributed by atoms with van der Waals surface area (Å²) in [6.45, 7) is 3.48. The van der Waals surface area contributed by atoms with Crippen LogP contribution in [0.5, 0.6) is 0 Å². The Morgan fingerprint density at radius 3 is 3.00 bits per heavy atom. The van der Waals surface area contributed by atoms with Crippen LogP contribution in [-0.4, -0.2) is 31.1 Å². The van der Waals surface area contributed by atoms with E-state index in [0.717, 1.165) is 19.1 Å². The fourth-order valence-corrected chi connectivity index (χ4v) is 3.72. The van der Waals surface area contributed by atoms with Crippen molar-refractivity contribution in [1.82, 2.24) is 10.2 Å². The van der Waals surface area contributed by atoms with E-state index in [0.29, 0.717) is 0 Å². The fraction of sp³-hybridized carbons (Fsp3) is 0.636. The lowest BCUT2D eigenvalue weighted by Crippen LogP contribution is -2.36. The molecule has 2 nitrogen and oxygen atoms in total. The zero-order chi connectivity index (χ0) is 10.7. The average molecular weight is 326 g/mol. The summed E-state index contributed by atoms with van der Waals surface area (Å²) >= 11 is 5.36. The Hall–Kier alpha value is 0.390. The van der Waals surface area contributed by atoms with Gasteiger partial charge in [-0.1, -0.05) is 0 Å². The number of likely N-dealkylation sites (N-methyl/N-ethyl adjacent to an activating group) is 1. The summed E-state index contributed by atoms with van der Waals surface area (Å²) in [5.41, 5.74) is 0. The molecule has 1 aromatic rings. The number of likely N-dealkylation sites (tertiary alicyclic amines) is 1. The first-order valence-electron chi connectivity index (χ1n) is 5.42. The SMILES string of the molecule is CNCC1CCCN1Cc1ccc(Br)s1.Cl. The van der Waals surface area contributed by atoms with Crippen LogP contribution in [0.2, 0.25) is 0 Å². The lowest BCUT2D eigenvalue weighted by Gasteiger charge is -2.23. The van der Waals surface area contributed by atoms with Crippen molar-refractivity contribution < 1.29 is 0 Å². The van der Waals surface area contributed by atoms with Crippen LogP contribution in [0.4, 0.5) is 0 Å². The molecule has 5 heteroatoms. The Labute approximate surface area is 116 Å². The normalized spacial score (nSPS) is 21.0. The minimum Gasteiger partial charge on any atom is -0.318 e. The van der Waals surface area contributed by atoms with Gasteiger partial charge in [0.15, 0.2) is 0 Å². The number of hydrogen-bond acceptors (Lipinski definition) is 3. The Kier molecular flexibility index (Phi) is 6.29. The van der Waals surface area contributed by atoms with Crippen LogP contribution >= 0.6 is 39.7 Å². The van der Waals surface area contributed by atoms with E-state index in [9.17, 15) is 0 Å². The van der Waals surface area contributed by atoms with Gasteiger partial charge >= 0.3 is 0 Å². The van der Waals surface area contributed by atoms with E-state index in [1.165, 1.54) is 28.0 Å². The van der Waals surface area contributed by atoms with E-state index in [1.54, 1.807) is 0 Å². The molecule has 0 radical (unpaired) electrons. The average Bonchev–Trinajstić information content (AvgIpc) is 2.78. The number of thiophene rings is 1. The number of hydrogen-bond donors (Lipinski definition) is 1. The summed E-state index contributed by atoms with van der Waals surface area (Å²) < 4.78 is 1.24. The maximum Gasteiger partial charge on any atom is 0.0701 e. The lowest BCUT2D eigenvalue weighted by atomic mass is 10.2. The lowest BCUT2D eigenvalue weighted by molar-refractivity contribution is 0.244. The number of rotatable bonds is 4. The van der Waals surface area contributed by atoms with Gasteiger partial charge in [-0.15, -0.1) is 23.7 Å². The molecule has 1 saturated heterocycles. The van der Waals surface area contributed by atoms with E-state index >= 15 is 0 Å². The minimum absolute atomic E-state index is 0. The fourth-order valence-electron chi connectivity index (χ4n) is 2.21. The Morgan fingerprint density at radius 2 is 2.38 bits per heavy atom. The maximum absolute atomic E-state index is 3.52. The van der Waals surface area contributed by atoms with Crippen molar-refractivity contribution in [2.45, 2.75) is 25.4 Å². The Morgan fingerprint density at radius 1 is 1.56 bits per heavy atom. The molecule has 0 spiro atoms. The van der Waals surface area contributed by atoms with Crippen molar-refractivity contribution in [3.05, 3.63) is 20.8 Å². The first kappa shape index (κ1) is 14.5. The van der Waals surface area contributed by atoms with Gasteiger partial charge < -0.3 is 5.32 Å². The van der Waals surface area contributed by atoms with Crippen LogP contribution in [0.3, 0.4) is 0 Å². The van der Waals surface area contributed by atoms with Gasteiger partial charge in [0.2, 0.25) is 0 Å². The van der Waals surface area contributed by atoms with E-state index in [1.807, 2.05) is 18.4 Å². The van der Waals surface area contributed by atoms with Crippen molar-refractivity contribution in [1.29, 1.82) is 0 Å². The second-order valence-corrected chi connectivity index (χ2v) is 6.58. The standard InChI is InChI=1S/C11H17BrN2S.ClH/c1-13-7-9-3-2-6-14(9)8-10-4-5-11(12)15-10;/h4-5,9,13H,2-3,6-8H2,1H3;1H. The molecule has 1 aromatic heterocycles. The molecule has 92 valence electrons. The van der Waals surface area contributed by atoms with Gasteiger partial charge in [0.25, 0.3) is 0 Å². The van der Waals surface area contributed by atoms with Gasteiger partial charge in [0.1, 0.15) is 0 Å². The molecule has 1 aliphatic heterocycles. The Balaban J connectivity index is 0.00000128. The van der Waals surface area contributed by atoms with Crippen molar-refractivity contribution in [3.63, 3.8) is 0 Å². The summed E-state index contributed by atoms with van der Waals surface area (Å²) in [5.74, 6) is 0. The van der Waals surface area contributed by atoms with Crippen LogP contribution in [0.1, 0.15) is 17.7 Å². The van der Waals surface area contributed by atoms with Crippen LogP contribution in [0.25, 0.3) is 0 Å². The zero-order valence-electron chi connectivity index (χ0n) is 9.41. The van der Waals surface area contributed by atoms with Gasteiger partial charge in [-0.05, 0) is 54.5 Å². The van der Waals surface area contributed by atoms with Crippen molar-refractivity contribution >= 4 is 39.7 Å². The quantitative estimate of drug-likeness (QED) is 0.915. The third-order valence-electron chi connectivity index (χ3n) is 2.93. The molecular formula is C11H18BrClN2S. The van der Waals surface area contributed by atoms with E-state index in [4.69, 9.17) is 0 Å². The maximum atomic E-state index is 3.52. The third kappa shape index (κ3) is 3.70. The van der Waals surface area contributed by atoms with Crippen molar-refractivity contribution in [2.24, 2.45) is 0 Å². The van der Waals surface area contributed by atoms with Crippen LogP contribution in [0.15, 0.2) is 15.9 Å². The van der Waals surface area contributed by atoms with Crippen LogP contribution in [0, 0.1) is 0 Å². The molecule has 1 atom stereocenters. The van der Waals surface area contributed by atoms with Crippen molar-refractivity contribution in [2.75, 3.05) is 20.1 Å². The molecule has 0 amide bonds. The summed E-state index contributed by atoms with van der Waals surface area (Å²) in [6, 6.07) is 5.10. The second kappa shape index (κ2) is 6.97. The number of nitrogens with one attached hydrogen (secondary N) is 1. The molecule has 2 rings (SSSR count). The van der Waals surface area contributed by atoms with Crippen molar-refractivity contribution in [3.8, 4) is 0 Å². The highest BCUT2D eigenvalue weighted by atomic mass is 79.9. The number of nitrogens with zero attached hydrogens (tertiary/aromatic N) is 1. The zero-order valence-corrected chi connectivity index (χ0v) is 12.6. The highest BCUT2D eigenvalue weighted by molar-refractivity contribution is 9.11. The van der Waals surface area contributed by atoms with E-state index in [-0.39, 0.29) is 12.4 Å². The molecular weight excluding hydrogens is 308 g/mol. The van der Waals surface area contributed by atoms with Gasteiger partial charge in [-0.2, -0.15) is 0 Å². The molecule has 0 aromatic carbocycles. The van der Waals surface area contributed by atoms with Gasteiger partial charge in [-0.3, -0.25) is 4.90 Å². The minimum atomic E-state index is 0. The summed E-state index contributed by atoms with van der Waals surface area (Å²) in [7, 11) is 2.04. The highest BCUT2D eigenvalue weighted by Crippen LogP contribution is 2.26. The van der Waals surface area contributed by atoms with Gasteiger partial charge in [0.05, 0.1) is 3.79 Å². The van der Waals surface area contributed by atoms with E-state index in [2.05, 4.69) is 38.3 Å². The molecule has 1 aliphatic rings. The molecule has 0 saturated carbocycles. The predicted molar refractivity (Wildman–Crippen MR) is 76.6 cm³/mol. The molecule has 16 heavy (non-hydrogen) atoms. The monoisotopic (exact) mass is 324 g/mol. The molecule has 0 bridgehead atoms. The molecule has 2 heterocycles. The van der Waals surface area contributed by atoms with Gasteiger partial charge in [0, 0.05) is 24.0 Å². The summed E-state index contributed by atoms with van der Waals surface area (Å²) in [5, 5.41) is 3.28. The first-order valence-corrected chi connectivity index (χ1v) is 7.03. The predicted octanol–water partition coefficient (Wildman–Crippen LogP) is 3.12. The van der Waals surface area contributed by atoms with Crippen LogP contribution < -0.4 is 5.32 Å². The second-order valence-electron chi connectivity index (χ2n) is 4.03. The Bertz CT molecular complexity index is 319. The third-order valence-corrected chi connectivity index (χ3v) is 4.54. The largest absolute Gasteiger partial charge is 0.318 e. The van der Waals surface area contributed by atoms with Gasteiger partial charge in [-0.25, -0.2) is 0 Å². The molecule has 1 N–H and O–H groups in total. The van der Waals surface area contributed by atoms with E-state index < -0.39 is 0 Å². The highest BCUT2D eigenvalue weighted by Gasteiger charge is 2.23. The summed E-state index contributed by atoms with van der Waals surface area (Å²) in [6.07, 6.45) is 2.69. The number of halogens is 2. The first-order chi connectivity index (χ1) is 7.29. The molecule has 1 fully saturated rings. The summed E-state index contributed by atoms with van der Waals surface area (Å²) in [4.78, 5) is 4.05. The van der Waals surface area contributed by atoms with Crippen LogP contribution in [-0.2, 0) is 6.54 Å².